The minimum absolute atomic E-state index is 0.242. The zero-order valence-corrected chi connectivity index (χ0v) is 15.8. The van der Waals surface area contributed by atoms with E-state index in [2.05, 4.69) is 41.8 Å². The number of nitrogens with two attached hydrogens (primary N) is 1. The van der Waals surface area contributed by atoms with Crippen LogP contribution in [0, 0.1) is 6.92 Å². The Kier molecular flexibility index (Phi) is 5.01. The molecule has 5 nitrogen and oxygen atoms in total. The molecule has 1 aromatic heterocycles. The van der Waals surface area contributed by atoms with Crippen LogP contribution in [0.2, 0.25) is 0 Å². The van der Waals surface area contributed by atoms with Gasteiger partial charge in [0.1, 0.15) is 17.3 Å². The second kappa shape index (κ2) is 7.19. The maximum Gasteiger partial charge on any atom is 0.250 e. The van der Waals surface area contributed by atoms with E-state index in [-0.39, 0.29) is 17.4 Å². The summed E-state index contributed by atoms with van der Waals surface area (Å²) in [6.07, 6.45) is 0. The Labute approximate surface area is 156 Å². The van der Waals surface area contributed by atoms with Crippen LogP contribution in [-0.4, -0.2) is 9.97 Å². The number of halogens is 2. The molecular formula is C17H13Br2N3O2. The fourth-order valence-electron chi connectivity index (χ4n) is 1.91. The number of aryl methyl sites for hydroxylation is 1. The van der Waals surface area contributed by atoms with Crippen LogP contribution in [0.4, 0.5) is 5.69 Å². The Balaban J connectivity index is 1.89. The predicted octanol–water partition coefficient (Wildman–Crippen LogP) is 5.48. The van der Waals surface area contributed by atoms with E-state index in [1.807, 2.05) is 48.5 Å². The number of benzene rings is 2. The molecule has 0 spiro atoms. The SMILES string of the molecule is Cc1nc(Oc2ccc(Br)cc2)c(N)c(Oc2ccc(Br)cc2)n1. The maximum atomic E-state index is 6.11. The van der Waals surface area contributed by atoms with E-state index in [9.17, 15) is 0 Å². The highest BCUT2D eigenvalue weighted by Crippen LogP contribution is 2.34. The molecule has 3 rings (SSSR count). The average Bonchev–Trinajstić information content (AvgIpc) is 2.56. The molecule has 2 N–H and O–H groups in total. The number of aromatic nitrogens is 2. The summed E-state index contributed by atoms with van der Waals surface area (Å²) in [6.45, 7) is 1.75. The van der Waals surface area contributed by atoms with Gasteiger partial charge in [0.05, 0.1) is 0 Å². The minimum atomic E-state index is 0.242. The lowest BCUT2D eigenvalue weighted by molar-refractivity contribution is 0.435. The number of hydrogen-bond acceptors (Lipinski definition) is 5. The predicted molar refractivity (Wildman–Crippen MR) is 99.6 cm³/mol. The number of hydrogen-bond donors (Lipinski definition) is 1. The van der Waals surface area contributed by atoms with Crippen molar-refractivity contribution in [1.29, 1.82) is 0 Å². The quantitative estimate of drug-likeness (QED) is 0.570. The van der Waals surface area contributed by atoms with Crippen molar-refractivity contribution in [2.24, 2.45) is 0 Å². The van der Waals surface area contributed by atoms with Gasteiger partial charge < -0.3 is 15.2 Å². The second-order valence-electron chi connectivity index (χ2n) is 4.91. The molecule has 0 unspecified atom stereocenters. The average molecular weight is 451 g/mol. The summed E-state index contributed by atoms with van der Waals surface area (Å²) in [5.74, 6) is 2.27. The molecule has 24 heavy (non-hydrogen) atoms. The zero-order valence-electron chi connectivity index (χ0n) is 12.7. The summed E-state index contributed by atoms with van der Waals surface area (Å²) in [5, 5.41) is 0. The van der Waals surface area contributed by atoms with Gasteiger partial charge in [-0.3, -0.25) is 0 Å². The van der Waals surface area contributed by atoms with Crippen molar-refractivity contribution in [2.45, 2.75) is 6.92 Å². The highest BCUT2D eigenvalue weighted by molar-refractivity contribution is 9.10. The molecule has 1 heterocycles. The fraction of sp³-hybridized carbons (Fsp3) is 0.0588. The van der Waals surface area contributed by atoms with Crippen LogP contribution < -0.4 is 15.2 Å². The van der Waals surface area contributed by atoms with E-state index in [4.69, 9.17) is 15.2 Å². The molecule has 3 aromatic rings. The molecule has 0 amide bonds. The largest absolute Gasteiger partial charge is 0.437 e. The van der Waals surface area contributed by atoms with Crippen molar-refractivity contribution < 1.29 is 9.47 Å². The molecule has 0 bridgehead atoms. The number of rotatable bonds is 4. The van der Waals surface area contributed by atoms with E-state index in [0.29, 0.717) is 17.3 Å². The van der Waals surface area contributed by atoms with Gasteiger partial charge in [-0.05, 0) is 55.5 Å². The summed E-state index contributed by atoms with van der Waals surface area (Å²) in [7, 11) is 0. The van der Waals surface area contributed by atoms with Gasteiger partial charge in [-0.1, -0.05) is 31.9 Å². The first-order valence-electron chi connectivity index (χ1n) is 7.02. The first-order valence-corrected chi connectivity index (χ1v) is 8.61. The first kappa shape index (κ1) is 16.7. The van der Waals surface area contributed by atoms with Gasteiger partial charge >= 0.3 is 0 Å². The normalized spacial score (nSPS) is 10.5. The number of anilines is 1. The van der Waals surface area contributed by atoms with E-state index in [0.717, 1.165) is 8.95 Å². The Morgan fingerprint density at radius 3 is 1.50 bits per heavy atom. The van der Waals surface area contributed by atoms with Crippen LogP contribution in [0.25, 0.3) is 0 Å². The number of nitrogens with zero attached hydrogens (tertiary/aromatic N) is 2. The van der Waals surface area contributed by atoms with Crippen LogP contribution in [0.3, 0.4) is 0 Å². The molecule has 0 aliphatic rings. The molecule has 7 heteroatoms. The molecular weight excluding hydrogens is 438 g/mol. The Morgan fingerprint density at radius 1 is 0.750 bits per heavy atom. The smallest absolute Gasteiger partial charge is 0.250 e. The molecule has 2 aromatic carbocycles. The van der Waals surface area contributed by atoms with Crippen molar-refractivity contribution in [2.75, 3.05) is 5.73 Å². The summed E-state index contributed by atoms with van der Waals surface area (Å²) >= 11 is 6.76. The van der Waals surface area contributed by atoms with Gasteiger partial charge in [0, 0.05) is 8.95 Å². The lowest BCUT2D eigenvalue weighted by Gasteiger charge is -2.12. The van der Waals surface area contributed by atoms with Crippen molar-refractivity contribution in [3.05, 3.63) is 63.3 Å². The molecule has 0 aliphatic carbocycles. The van der Waals surface area contributed by atoms with Crippen LogP contribution in [0.15, 0.2) is 57.5 Å². The van der Waals surface area contributed by atoms with Crippen LogP contribution in [0.1, 0.15) is 5.82 Å². The molecule has 122 valence electrons. The zero-order chi connectivity index (χ0) is 17.1. The number of ether oxygens (including phenoxy) is 2. The Hall–Kier alpha value is -2.12. The molecule has 0 radical (unpaired) electrons. The van der Waals surface area contributed by atoms with E-state index in [1.54, 1.807) is 6.92 Å². The third-order valence-corrected chi connectivity index (χ3v) is 4.10. The van der Waals surface area contributed by atoms with Crippen molar-refractivity contribution in [1.82, 2.24) is 9.97 Å². The van der Waals surface area contributed by atoms with Gasteiger partial charge in [0.2, 0.25) is 11.8 Å². The maximum absolute atomic E-state index is 6.11. The van der Waals surface area contributed by atoms with Gasteiger partial charge in [0.25, 0.3) is 0 Å². The molecule has 0 fully saturated rings. The lowest BCUT2D eigenvalue weighted by Crippen LogP contribution is -2.03. The van der Waals surface area contributed by atoms with Crippen molar-refractivity contribution >= 4 is 37.5 Å². The first-order chi connectivity index (χ1) is 11.5. The summed E-state index contributed by atoms with van der Waals surface area (Å²) in [5.41, 5.74) is 6.36. The molecule has 0 saturated heterocycles. The summed E-state index contributed by atoms with van der Waals surface area (Å²) in [6, 6.07) is 14.8. The summed E-state index contributed by atoms with van der Waals surface area (Å²) in [4.78, 5) is 8.50. The van der Waals surface area contributed by atoms with Gasteiger partial charge in [-0.15, -0.1) is 0 Å². The third-order valence-electron chi connectivity index (χ3n) is 3.04. The van der Waals surface area contributed by atoms with Crippen molar-refractivity contribution in [3.63, 3.8) is 0 Å². The highest BCUT2D eigenvalue weighted by atomic mass is 79.9. The Morgan fingerprint density at radius 2 is 1.12 bits per heavy atom. The lowest BCUT2D eigenvalue weighted by atomic mass is 10.3. The molecule has 0 aliphatic heterocycles. The van der Waals surface area contributed by atoms with Gasteiger partial charge in [-0.25, -0.2) is 0 Å². The molecule has 0 saturated carbocycles. The minimum Gasteiger partial charge on any atom is -0.437 e. The second-order valence-corrected chi connectivity index (χ2v) is 6.74. The van der Waals surface area contributed by atoms with E-state index < -0.39 is 0 Å². The topological polar surface area (TPSA) is 70.3 Å². The van der Waals surface area contributed by atoms with E-state index in [1.165, 1.54) is 0 Å². The monoisotopic (exact) mass is 449 g/mol. The third kappa shape index (κ3) is 4.04. The van der Waals surface area contributed by atoms with E-state index >= 15 is 0 Å². The van der Waals surface area contributed by atoms with Crippen LogP contribution in [0.5, 0.6) is 23.3 Å². The fourth-order valence-corrected chi connectivity index (χ4v) is 2.44. The van der Waals surface area contributed by atoms with Crippen LogP contribution in [-0.2, 0) is 0 Å². The summed E-state index contributed by atoms with van der Waals surface area (Å²) < 4.78 is 13.4. The van der Waals surface area contributed by atoms with Gasteiger partial charge in [0.15, 0.2) is 5.69 Å². The number of nitrogen functional groups attached to an aromatic ring is 1. The standard InChI is InChI=1S/C17H13Br2N3O2/c1-10-21-16(23-13-6-2-11(18)3-7-13)15(20)17(22-10)24-14-8-4-12(19)5-9-14/h2-9H,20H2,1H3. The Bertz CT molecular complexity index is 784. The van der Waals surface area contributed by atoms with Crippen molar-refractivity contribution in [3.8, 4) is 23.3 Å². The van der Waals surface area contributed by atoms with Gasteiger partial charge in [-0.2, -0.15) is 9.97 Å². The van der Waals surface area contributed by atoms with Crippen LogP contribution >= 0.6 is 31.9 Å². The highest BCUT2D eigenvalue weighted by Gasteiger charge is 2.14. The molecule has 0 atom stereocenters.